The molecule has 0 saturated heterocycles. The van der Waals surface area contributed by atoms with Gasteiger partial charge in [-0.05, 0) is 58.7 Å². The predicted octanol–water partition coefficient (Wildman–Crippen LogP) is 12.7. The molecule has 0 atom stereocenters. The third-order valence-electron chi connectivity index (χ3n) is 9.84. The van der Waals surface area contributed by atoms with Crippen LogP contribution in [0.3, 0.4) is 0 Å². The van der Waals surface area contributed by atoms with Crippen LogP contribution in [-0.4, -0.2) is 24.1 Å². The number of hydrogen-bond donors (Lipinski definition) is 0. The standard InChI is InChI=1S/C51H33N5/c1-4-14-34(15-5-1)36-24-26-39(27-25-36)50-52-49(38-18-8-3-9-19-38)53-51(54-50)56-46-23-13-11-21-42(46)44-32-43-41-20-10-12-22-45(41)55(47(43)33-48(44)56)40-30-28-37(29-31-40)35-16-6-2-7-17-35/h1-33H/i1D,3D,4D,5D,8D,9D,14D,15D,18D,19D,24D,25D,26D,27D. The van der Waals surface area contributed by atoms with Crippen molar-refractivity contribution in [1.29, 1.82) is 0 Å². The first-order valence-electron chi connectivity index (χ1n) is 24.7. The molecule has 0 fully saturated rings. The van der Waals surface area contributed by atoms with E-state index in [1.54, 1.807) is 4.57 Å². The highest BCUT2D eigenvalue weighted by Crippen LogP contribution is 2.40. The summed E-state index contributed by atoms with van der Waals surface area (Å²) in [4.78, 5) is 14.2. The Bertz CT molecular complexity index is 3970. The van der Waals surface area contributed by atoms with Crippen molar-refractivity contribution in [3.8, 4) is 56.7 Å². The minimum Gasteiger partial charge on any atom is -0.309 e. The molecule has 5 heteroatoms. The summed E-state index contributed by atoms with van der Waals surface area (Å²) in [5.41, 5.74) is 3.94. The van der Waals surface area contributed by atoms with Crippen molar-refractivity contribution in [3.05, 3.63) is 200 Å². The van der Waals surface area contributed by atoms with Crippen molar-refractivity contribution >= 4 is 43.6 Å². The second kappa shape index (κ2) is 13.0. The van der Waals surface area contributed by atoms with Gasteiger partial charge in [0.2, 0.25) is 5.95 Å². The van der Waals surface area contributed by atoms with E-state index in [0.717, 1.165) is 49.4 Å². The van der Waals surface area contributed by atoms with Gasteiger partial charge in [0.25, 0.3) is 0 Å². The molecule has 11 aromatic rings. The Morgan fingerprint density at radius 1 is 0.339 bits per heavy atom. The molecule has 5 nitrogen and oxygen atoms in total. The normalized spacial score (nSPS) is 15.1. The lowest BCUT2D eigenvalue weighted by molar-refractivity contribution is 0.953. The van der Waals surface area contributed by atoms with Gasteiger partial charge < -0.3 is 4.57 Å². The maximum Gasteiger partial charge on any atom is 0.238 e. The summed E-state index contributed by atoms with van der Waals surface area (Å²) in [6.07, 6.45) is 0. The molecule has 56 heavy (non-hydrogen) atoms. The highest BCUT2D eigenvalue weighted by Gasteiger charge is 2.21. The molecule has 11 rings (SSSR count). The zero-order valence-electron chi connectivity index (χ0n) is 43.2. The molecular formula is C51H33N5. The van der Waals surface area contributed by atoms with Gasteiger partial charge in [0.15, 0.2) is 11.6 Å². The monoisotopic (exact) mass is 729 g/mol. The molecule has 0 aliphatic heterocycles. The fraction of sp³-hybridized carbons (Fsp3) is 0. The van der Waals surface area contributed by atoms with Gasteiger partial charge in [0.1, 0.15) is 0 Å². The molecule has 3 aromatic heterocycles. The Labute approximate surface area is 343 Å². The Morgan fingerprint density at radius 3 is 1.46 bits per heavy atom. The van der Waals surface area contributed by atoms with Crippen LogP contribution in [0.2, 0.25) is 0 Å². The zero-order chi connectivity index (χ0) is 49.2. The van der Waals surface area contributed by atoms with Crippen molar-refractivity contribution in [2.45, 2.75) is 0 Å². The Kier molecular flexibility index (Phi) is 4.83. The van der Waals surface area contributed by atoms with Gasteiger partial charge in [-0.1, -0.05) is 163 Å². The average molecular weight is 730 g/mol. The quantitative estimate of drug-likeness (QED) is 0.171. The van der Waals surface area contributed by atoms with Crippen molar-refractivity contribution < 1.29 is 19.2 Å². The fourth-order valence-electron chi connectivity index (χ4n) is 7.33. The second-order valence-corrected chi connectivity index (χ2v) is 13.0. The third kappa shape index (κ3) is 5.29. The van der Waals surface area contributed by atoms with E-state index in [-0.39, 0.29) is 5.95 Å². The number of hydrogen-bond acceptors (Lipinski definition) is 3. The number of rotatable bonds is 6. The molecule has 0 radical (unpaired) electrons. The van der Waals surface area contributed by atoms with Gasteiger partial charge in [0, 0.05) is 38.4 Å². The topological polar surface area (TPSA) is 48.5 Å². The molecule has 0 amide bonds. The van der Waals surface area contributed by atoms with Crippen molar-refractivity contribution in [1.82, 2.24) is 24.1 Å². The molecule has 0 aliphatic carbocycles. The molecule has 0 unspecified atom stereocenters. The van der Waals surface area contributed by atoms with Crippen LogP contribution in [0.15, 0.2) is 200 Å². The molecule has 8 aromatic carbocycles. The van der Waals surface area contributed by atoms with E-state index in [0.29, 0.717) is 11.0 Å². The molecule has 0 N–H and O–H groups in total. The average Bonchev–Trinajstić information content (AvgIpc) is 3.88. The number of para-hydroxylation sites is 2. The van der Waals surface area contributed by atoms with E-state index in [9.17, 15) is 2.74 Å². The maximum absolute atomic E-state index is 9.31. The van der Waals surface area contributed by atoms with Crippen LogP contribution in [0.4, 0.5) is 0 Å². The van der Waals surface area contributed by atoms with Gasteiger partial charge in [-0.15, -0.1) is 0 Å². The van der Waals surface area contributed by atoms with Gasteiger partial charge >= 0.3 is 0 Å². The minimum atomic E-state index is -0.760. The van der Waals surface area contributed by atoms with Crippen LogP contribution in [0.5, 0.6) is 0 Å². The SMILES string of the molecule is [2H]c1c([2H])c([2H])c(-c2nc(-c3c([2H])c([2H])c(-c4c([2H])c([2H])c([2H])c([2H])c4[2H])c([2H])c3[2H])nc(-n3c4ccccc4c4cc5c6ccccc6n(-c6ccc(-c7ccccc7)cc6)c5cc43)n2)c([2H])c1[2H]. The van der Waals surface area contributed by atoms with Crippen LogP contribution in [-0.2, 0) is 0 Å². The number of benzene rings is 8. The molecule has 0 bridgehead atoms. The summed E-state index contributed by atoms with van der Waals surface area (Å²) in [6, 6.07) is 28.0. The first-order valence-corrected chi connectivity index (χ1v) is 17.7. The number of aromatic nitrogens is 5. The summed E-state index contributed by atoms with van der Waals surface area (Å²) in [7, 11) is 0. The Hall–Kier alpha value is -7.63. The molecular weight excluding hydrogens is 683 g/mol. The van der Waals surface area contributed by atoms with Gasteiger partial charge in [-0.2, -0.15) is 9.97 Å². The van der Waals surface area contributed by atoms with Gasteiger partial charge in [0.05, 0.1) is 41.3 Å². The van der Waals surface area contributed by atoms with Crippen LogP contribution in [0, 0.1) is 0 Å². The first kappa shape index (κ1) is 20.7. The molecule has 0 spiro atoms. The largest absolute Gasteiger partial charge is 0.309 e. The van der Waals surface area contributed by atoms with E-state index < -0.39 is 118 Å². The highest BCUT2D eigenvalue weighted by atomic mass is 15.2. The van der Waals surface area contributed by atoms with Crippen molar-refractivity contribution in [2.75, 3.05) is 0 Å². The van der Waals surface area contributed by atoms with Crippen LogP contribution < -0.4 is 0 Å². The summed E-state index contributed by atoms with van der Waals surface area (Å²) in [6.45, 7) is 0. The van der Waals surface area contributed by atoms with Gasteiger partial charge in [-0.3, -0.25) is 4.57 Å². The first-order chi connectivity index (χ1) is 33.6. The van der Waals surface area contributed by atoms with E-state index in [2.05, 4.69) is 45.9 Å². The van der Waals surface area contributed by atoms with Crippen molar-refractivity contribution in [2.24, 2.45) is 0 Å². The Morgan fingerprint density at radius 2 is 0.821 bits per heavy atom. The summed E-state index contributed by atoms with van der Waals surface area (Å²) >= 11 is 0. The van der Waals surface area contributed by atoms with E-state index in [1.807, 2.05) is 78.9 Å². The van der Waals surface area contributed by atoms with Crippen LogP contribution in [0.25, 0.3) is 100 Å². The highest BCUT2D eigenvalue weighted by molar-refractivity contribution is 6.19. The van der Waals surface area contributed by atoms with E-state index in [4.69, 9.17) is 26.4 Å². The summed E-state index contributed by atoms with van der Waals surface area (Å²) in [5, 5.41) is 3.49. The zero-order valence-corrected chi connectivity index (χ0v) is 29.2. The van der Waals surface area contributed by atoms with Crippen LogP contribution in [0.1, 0.15) is 19.2 Å². The maximum atomic E-state index is 9.31. The third-order valence-corrected chi connectivity index (χ3v) is 9.84. The molecule has 262 valence electrons. The summed E-state index contributed by atoms with van der Waals surface area (Å²) in [5.74, 6) is -1.04. The molecule has 0 saturated carbocycles. The van der Waals surface area contributed by atoms with E-state index in [1.165, 1.54) is 0 Å². The smallest absolute Gasteiger partial charge is 0.238 e. The minimum absolute atomic E-state index is 0.154. The Balaban J connectivity index is 1.22. The predicted molar refractivity (Wildman–Crippen MR) is 230 cm³/mol. The number of fused-ring (bicyclic) bond motifs is 6. The van der Waals surface area contributed by atoms with Crippen LogP contribution >= 0.6 is 0 Å². The number of nitrogens with zero attached hydrogens (tertiary/aromatic N) is 5. The summed E-state index contributed by atoms with van der Waals surface area (Å²) < 4.78 is 126. The lowest BCUT2D eigenvalue weighted by Gasteiger charge is -2.12. The lowest BCUT2D eigenvalue weighted by Crippen LogP contribution is -2.06. The fourth-order valence-corrected chi connectivity index (χ4v) is 7.33. The second-order valence-electron chi connectivity index (χ2n) is 13.0. The molecule has 0 aliphatic rings. The lowest BCUT2D eigenvalue weighted by atomic mass is 10.0. The molecule has 3 heterocycles. The van der Waals surface area contributed by atoms with Gasteiger partial charge in [-0.25, -0.2) is 4.98 Å². The van der Waals surface area contributed by atoms with E-state index >= 15 is 0 Å². The van der Waals surface area contributed by atoms with Crippen molar-refractivity contribution in [3.63, 3.8) is 0 Å².